The average molecular weight is 667 g/mol. The van der Waals surface area contributed by atoms with Gasteiger partial charge < -0.3 is 18.9 Å². The maximum atomic E-state index is 12.8. The molecule has 0 aliphatic carbocycles. The van der Waals surface area contributed by atoms with Gasteiger partial charge in [0.25, 0.3) is 23.6 Å². The molecule has 2 aliphatic heterocycles. The Labute approximate surface area is 278 Å². The van der Waals surface area contributed by atoms with Crippen molar-refractivity contribution in [3.63, 3.8) is 0 Å². The number of benzene rings is 3. The maximum Gasteiger partial charge on any atom is 0.343 e. The Bertz CT molecular complexity index is 1990. The molecule has 5 rings (SSSR count). The van der Waals surface area contributed by atoms with Crippen LogP contribution in [0.4, 0.5) is 0 Å². The fraction of sp³-hybridized carbons (Fsp3) is 0.143. The molecule has 0 aromatic heterocycles. The van der Waals surface area contributed by atoms with Gasteiger partial charge in [-0.05, 0) is 93.1 Å². The molecular weight excluding hydrogens is 640 g/mol. The van der Waals surface area contributed by atoms with E-state index in [1.165, 1.54) is 80.6 Å². The molecule has 2 aliphatic rings. The summed E-state index contributed by atoms with van der Waals surface area (Å²) < 4.78 is 20.9. The van der Waals surface area contributed by atoms with Crippen LogP contribution < -0.4 is 9.47 Å². The van der Waals surface area contributed by atoms with E-state index in [9.17, 15) is 38.4 Å². The van der Waals surface area contributed by atoms with Crippen molar-refractivity contribution >= 4 is 47.5 Å². The third-order valence-corrected chi connectivity index (χ3v) is 7.30. The fourth-order valence-electron chi connectivity index (χ4n) is 4.55. The molecule has 4 amide bonds. The number of nitrogens with zero attached hydrogens (tertiary/aromatic N) is 2. The van der Waals surface area contributed by atoms with Gasteiger partial charge in [-0.3, -0.25) is 19.2 Å². The van der Waals surface area contributed by atoms with Gasteiger partial charge in [-0.2, -0.15) is 0 Å². The molecule has 0 spiro atoms. The number of carbonyl (C=O) groups excluding carboxylic acids is 8. The highest BCUT2D eigenvalue weighted by Crippen LogP contribution is 2.23. The Morgan fingerprint density at radius 1 is 0.531 bits per heavy atom. The first kappa shape index (κ1) is 33.7. The van der Waals surface area contributed by atoms with Gasteiger partial charge in [0.05, 0.1) is 22.3 Å². The second kappa shape index (κ2) is 14.0. The standard InChI is InChI=1S/C35H26N2O12/c1-19-14-25(35(45)48-26-11-8-23(9-12-26)33(43)47-18-37-29(39)16-21(3)31(37)41)10-13-27(19)49-34(44)24-6-4-22(5-7-24)32(42)46-17-36-28(38)15-20(2)30(36)40/h4-16H,17-18H2,1-3H3. The summed E-state index contributed by atoms with van der Waals surface area (Å²) in [6, 6.07) is 15.1. The highest BCUT2D eigenvalue weighted by atomic mass is 16.6. The van der Waals surface area contributed by atoms with Crippen LogP contribution in [-0.4, -0.2) is 70.8 Å². The summed E-state index contributed by atoms with van der Waals surface area (Å²) in [5, 5.41) is 0. The number of amides is 4. The van der Waals surface area contributed by atoms with Gasteiger partial charge in [-0.25, -0.2) is 29.0 Å². The molecule has 14 heteroatoms. The Balaban J connectivity index is 1.11. The summed E-state index contributed by atoms with van der Waals surface area (Å²) >= 11 is 0. The summed E-state index contributed by atoms with van der Waals surface area (Å²) in [6.45, 7) is 3.48. The zero-order valence-corrected chi connectivity index (χ0v) is 26.2. The summed E-state index contributed by atoms with van der Waals surface area (Å²) in [4.78, 5) is 99.2. The molecule has 0 saturated carbocycles. The number of rotatable bonds is 10. The number of hydrogen-bond acceptors (Lipinski definition) is 12. The highest BCUT2D eigenvalue weighted by molar-refractivity contribution is 6.16. The first-order valence-corrected chi connectivity index (χ1v) is 14.5. The summed E-state index contributed by atoms with van der Waals surface area (Å²) in [5.41, 5.74) is 1.36. The van der Waals surface area contributed by atoms with Crippen molar-refractivity contribution in [3.05, 3.63) is 118 Å². The molecular formula is C35H26N2O12. The minimum Gasteiger partial charge on any atom is -0.440 e. The normalized spacial score (nSPS) is 14.0. The highest BCUT2D eigenvalue weighted by Gasteiger charge is 2.30. The Hall–Kier alpha value is -6.70. The molecule has 49 heavy (non-hydrogen) atoms. The molecule has 248 valence electrons. The van der Waals surface area contributed by atoms with Crippen molar-refractivity contribution in [2.24, 2.45) is 0 Å². The monoisotopic (exact) mass is 666 g/mol. The van der Waals surface area contributed by atoms with Gasteiger partial charge in [0.1, 0.15) is 11.5 Å². The van der Waals surface area contributed by atoms with Gasteiger partial charge in [0.2, 0.25) is 0 Å². The molecule has 2 heterocycles. The van der Waals surface area contributed by atoms with Crippen molar-refractivity contribution in [1.29, 1.82) is 0 Å². The van der Waals surface area contributed by atoms with Crippen LogP contribution in [0.15, 0.2) is 90.0 Å². The lowest BCUT2D eigenvalue weighted by atomic mass is 10.1. The molecule has 0 bridgehead atoms. The lowest BCUT2D eigenvalue weighted by molar-refractivity contribution is -0.143. The van der Waals surface area contributed by atoms with Crippen LogP contribution in [0.1, 0.15) is 60.8 Å². The van der Waals surface area contributed by atoms with Crippen LogP contribution in [-0.2, 0) is 28.7 Å². The number of carbonyl (C=O) groups is 8. The minimum atomic E-state index is -0.805. The second-order valence-corrected chi connectivity index (χ2v) is 10.8. The largest absolute Gasteiger partial charge is 0.440 e. The number of esters is 4. The van der Waals surface area contributed by atoms with E-state index >= 15 is 0 Å². The number of imide groups is 2. The van der Waals surface area contributed by atoms with Crippen LogP contribution in [0.2, 0.25) is 0 Å². The smallest absolute Gasteiger partial charge is 0.343 e. The Kier molecular flexibility index (Phi) is 9.59. The average Bonchev–Trinajstić information content (AvgIpc) is 3.48. The van der Waals surface area contributed by atoms with Crippen LogP contribution in [0, 0.1) is 6.92 Å². The molecule has 0 fully saturated rings. The first-order valence-electron chi connectivity index (χ1n) is 14.5. The minimum absolute atomic E-state index is 0.0784. The summed E-state index contributed by atoms with van der Waals surface area (Å²) in [6.07, 6.45) is 2.30. The summed E-state index contributed by atoms with van der Waals surface area (Å²) in [5.74, 6) is -5.02. The van der Waals surface area contributed by atoms with Crippen LogP contribution >= 0.6 is 0 Å². The van der Waals surface area contributed by atoms with E-state index < -0.39 is 61.0 Å². The van der Waals surface area contributed by atoms with Crippen LogP contribution in [0.25, 0.3) is 0 Å². The fourth-order valence-corrected chi connectivity index (χ4v) is 4.55. The predicted molar refractivity (Wildman–Crippen MR) is 166 cm³/mol. The SMILES string of the molecule is CC1=CC(=O)N(COC(=O)c2ccc(OC(=O)c3ccc(OC(=O)c4ccc(C(=O)OCN5C(=O)C=C(C)C5=O)cc4)c(C)c3)cc2)C1=O. The lowest BCUT2D eigenvalue weighted by Gasteiger charge is -2.14. The third-order valence-electron chi connectivity index (χ3n) is 7.30. The van der Waals surface area contributed by atoms with Gasteiger partial charge in [-0.1, -0.05) is 0 Å². The maximum absolute atomic E-state index is 12.8. The van der Waals surface area contributed by atoms with E-state index in [2.05, 4.69) is 0 Å². The third kappa shape index (κ3) is 7.49. The molecule has 0 atom stereocenters. The topological polar surface area (TPSA) is 180 Å². The van der Waals surface area contributed by atoms with E-state index in [0.717, 1.165) is 22.0 Å². The van der Waals surface area contributed by atoms with E-state index in [4.69, 9.17) is 18.9 Å². The van der Waals surface area contributed by atoms with E-state index in [1.54, 1.807) is 6.92 Å². The zero-order valence-electron chi connectivity index (χ0n) is 26.2. The number of ether oxygens (including phenoxy) is 4. The number of hydrogen-bond donors (Lipinski definition) is 0. The molecule has 3 aromatic carbocycles. The van der Waals surface area contributed by atoms with E-state index in [-0.39, 0.29) is 44.9 Å². The van der Waals surface area contributed by atoms with E-state index in [1.807, 2.05) is 0 Å². The van der Waals surface area contributed by atoms with Gasteiger partial charge in [0, 0.05) is 23.3 Å². The van der Waals surface area contributed by atoms with Gasteiger partial charge >= 0.3 is 23.9 Å². The quantitative estimate of drug-likeness (QED) is 0.175. The van der Waals surface area contributed by atoms with E-state index in [0.29, 0.717) is 5.56 Å². The van der Waals surface area contributed by atoms with Crippen molar-refractivity contribution in [2.45, 2.75) is 20.8 Å². The second-order valence-electron chi connectivity index (χ2n) is 10.8. The molecule has 3 aromatic rings. The van der Waals surface area contributed by atoms with Crippen LogP contribution in [0.3, 0.4) is 0 Å². The molecule has 14 nitrogen and oxygen atoms in total. The zero-order chi connectivity index (χ0) is 35.4. The van der Waals surface area contributed by atoms with Gasteiger partial charge in [-0.15, -0.1) is 0 Å². The first-order chi connectivity index (χ1) is 23.3. The Morgan fingerprint density at radius 3 is 1.37 bits per heavy atom. The van der Waals surface area contributed by atoms with Crippen molar-refractivity contribution in [1.82, 2.24) is 9.80 Å². The van der Waals surface area contributed by atoms with Crippen LogP contribution in [0.5, 0.6) is 11.5 Å². The molecule has 0 N–H and O–H groups in total. The van der Waals surface area contributed by atoms with Crippen molar-refractivity contribution in [3.8, 4) is 11.5 Å². The Morgan fingerprint density at radius 2 is 0.939 bits per heavy atom. The molecule has 0 radical (unpaired) electrons. The van der Waals surface area contributed by atoms with Crippen molar-refractivity contribution in [2.75, 3.05) is 13.5 Å². The predicted octanol–water partition coefficient (Wildman–Crippen LogP) is 3.29. The number of aryl methyl sites for hydroxylation is 1. The lowest BCUT2D eigenvalue weighted by Crippen LogP contribution is -2.34. The molecule has 0 saturated heterocycles. The van der Waals surface area contributed by atoms with Crippen molar-refractivity contribution < 1.29 is 57.3 Å². The summed E-state index contributed by atoms with van der Waals surface area (Å²) in [7, 11) is 0. The van der Waals surface area contributed by atoms with Gasteiger partial charge in [0.15, 0.2) is 13.5 Å². The molecule has 0 unspecified atom stereocenters.